The number of hydrogen-bond acceptors (Lipinski definition) is 4. The number of aromatic carboxylic acids is 1. The molecule has 0 spiro atoms. The number of rotatable bonds is 5. The molecule has 0 aliphatic carbocycles. The van der Waals surface area contributed by atoms with Gasteiger partial charge in [-0.25, -0.2) is 13.2 Å². The SMILES string of the molecule is CC(C)(C)S(=O)(=O)CCS(=O)c1cc(Br)ccc1C(=O)O. The van der Waals surface area contributed by atoms with Crippen molar-refractivity contribution in [3.05, 3.63) is 28.2 Å². The van der Waals surface area contributed by atoms with Crippen LogP contribution in [0.15, 0.2) is 27.6 Å². The second-order valence-corrected chi connectivity index (χ2v) is 10.7. The van der Waals surface area contributed by atoms with Crippen molar-refractivity contribution in [1.29, 1.82) is 0 Å². The Kier molecular flexibility index (Phi) is 5.74. The van der Waals surface area contributed by atoms with Crippen LogP contribution in [-0.2, 0) is 20.6 Å². The lowest BCUT2D eigenvalue weighted by Gasteiger charge is -2.19. The van der Waals surface area contributed by atoms with Gasteiger partial charge in [-0.05, 0) is 39.0 Å². The lowest BCUT2D eigenvalue weighted by Crippen LogP contribution is -2.32. The van der Waals surface area contributed by atoms with Gasteiger partial charge in [0.05, 0.1) is 31.8 Å². The predicted molar refractivity (Wildman–Crippen MR) is 85.9 cm³/mol. The lowest BCUT2D eigenvalue weighted by atomic mass is 10.2. The highest BCUT2D eigenvalue weighted by atomic mass is 79.9. The zero-order chi connectivity index (χ0) is 16.4. The van der Waals surface area contributed by atoms with Gasteiger partial charge in [0.2, 0.25) is 0 Å². The van der Waals surface area contributed by atoms with Crippen LogP contribution in [0.3, 0.4) is 0 Å². The molecule has 1 N–H and O–H groups in total. The molecule has 0 heterocycles. The minimum Gasteiger partial charge on any atom is -0.478 e. The maximum absolute atomic E-state index is 12.3. The van der Waals surface area contributed by atoms with E-state index in [1.54, 1.807) is 20.8 Å². The maximum Gasteiger partial charge on any atom is 0.336 e. The van der Waals surface area contributed by atoms with E-state index in [9.17, 15) is 17.4 Å². The molecule has 0 bridgehead atoms. The van der Waals surface area contributed by atoms with Crippen molar-refractivity contribution in [3.63, 3.8) is 0 Å². The second-order valence-electron chi connectivity index (χ2n) is 5.43. The Labute approximate surface area is 135 Å². The van der Waals surface area contributed by atoms with Crippen LogP contribution in [0.4, 0.5) is 0 Å². The normalized spacial score (nSPS) is 13.9. The first-order valence-electron chi connectivity index (χ1n) is 6.09. The third-order valence-corrected chi connectivity index (χ3v) is 7.65. The van der Waals surface area contributed by atoms with Crippen LogP contribution in [-0.4, -0.2) is 40.0 Å². The highest BCUT2D eigenvalue weighted by molar-refractivity contribution is 9.10. The van der Waals surface area contributed by atoms with Crippen molar-refractivity contribution in [1.82, 2.24) is 0 Å². The summed E-state index contributed by atoms with van der Waals surface area (Å²) in [5, 5.41) is 9.09. The molecular formula is C13H17BrO5S2. The van der Waals surface area contributed by atoms with Crippen LogP contribution in [0, 0.1) is 0 Å². The van der Waals surface area contributed by atoms with Crippen LogP contribution in [0.1, 0.15) is 31.1 Å². The summed E-state index contributed by atoms with van der Waals surface area (Å²) < 4.78 is 36.0. The molecule has 1 atom stereocenters. The average molecular weight is 397 g/mol. The number of benzene rings is 1. The summed E-state index contributed by atoms with van der Waals surface area (Å²) >= 11 is 3.19. The third-order valence-electron chi connectivity index (χ3n) is 2.89. The number of sulfone groups is 1. The highest BCUT2D eigenvalue weighted by Gasteiger charge is 2.29. The molecule has 1 unspecified atom stereocenters. The Bertz CT molecular complexity index is 674. The van der Waals surface area contributed by atoms with E-state index in [2.05, 4.69) is 15.9 Å². The molecule has 0 aromatic heterocycles. The quantitative estimate of drug-likeness (QED) is 0.825. The summed E-state index contributed by atoms with van der Waals surface area (Å²) in [5.41, 5.74) is -0.0790. The minimum atomic E-state index is -3.40. The fourth-order valence-electron chi connectivity index (χ4n) is 1.46. The van der Waals surface area contributed by atoms with Crippen LogP contribution >= 0.6 is 15.9 Å². The van der Waals surface area contributed by atoms with Gasteiger partial charge in [-0.3, -0.25) is 4.21 Å². The molecule has 1 aromatic carbocycles. The topological polar surface area (TPSA) is 88.5 Å². The fraction of sp³-hybridized carbons (Fsp3) is 0.462. The molecule has 1 rings (SSSR count). The van der Waals surface area contributed by atoms with Crippen LogP contribution in [0.2, 0.25) is 0 Å². The molecule has 118 valence electrons. The smallest absolute Gasteiger partial charge is 0.336 e. The molecule has 0 saturated carbocycles. The van der Waals surface area contributed by atoms with Crippen molar-refractivity contribution in [2.24, 2.45) is 0 Å². The minimum absolute atomic E-state index is 0.0790. The highest BCUT2D eigenvalue weighted by Crippen LogP contribution is 2.22. The largest absolute Gasteiger partial charge is 0.478 e. The summed E-state index contributed by atoms with van der Waals surface area (Å²) in [7, 11) is -5.09. The molecule has 5 nitrogen and oxygen atoms in total. The van der Waals surface area contributed by atoms with Crippen LogP contribution in [0.5, 0.6) is 0 Å². The van der Waals surface area contributed by atoms with E-state index in [0.29, 0.717) is 4.47 Å². The van der Waals surface area contributed by atoms with Crippen molar-refractivity contribution in [2.75, 3.05) is 11.5 Å². The Morgan fingerprint density at radius 2 is 1.90 bits per heavy atom. The first-order chi connectivity index (χ1) is 9.45. The maximum atomic E-state index is 12.3. The van der Waals surface area contributed by atoms with Gasteiger partial charge >= 0.3 is 5.97 Å². The summed E-state index contributed by atoms with van der Waals surface area (Å²) in [6, 6.07) is 4.33. The molecule has 1 aromatic rings. The summed E-state index contributed by atoms with van der Waals surface area (Å²) in [5.74, 6) is -1.57. The van der Waals surface area contributed by atoms with Crippen molar-refractivity contribution < 1.29 is 22.5 Å². The van der Waals surface area contributed by atoms with Gasteiger partial charge in [-0.15, -0.1) is 0 Å². The van der Waals surface area contributed by atoms with Crippen molar-refractivity contribution >= 4 is 42.5 Å². The number of carboxylic acids is 1. The molecule has 0 saturated heterocycles. The van der Waals surface area contributed by atoms with Crippen molar-refractivity contribution in [3.8, 4) is 0 Å². The zero-order valence-electron chi connectivity index (χ0n) is 11.9. The number of carbonyl (C=O) groups is 1. The van der Waals surface area contributed by atoms with Gasteiger partial charge in [-0.1, -0.05) is 15.9 Å². The van der Waals surface area contributed by atoms with Gasteiger partial charge in [0, 0.05) is 10.2 Å². The molecule has 21 heavy (non-hydrogen) atoms. The molecule has 8 heteroatoms. The Hall–Kier alpha value is -0.730. The first kappa shape index (κ1) is 18.3. The Morgan fingerprint density at radius 1 is 1.33 bits per heavy atom. The van der Waals surface area contributed by atoms with Gasteiger partial charge < -0.3 is 5.11 Å². The monoisotopic (exact) mass is 396 g/mol. The van der Waals surface area contributed by atoms with Gasteiger partial charge in [0.25, 0.3) is 0 Å². The predicted octanol–water partition coefficient (Wildman–Crippen LogP) is 2.47. The van der Waals surface area contributed by atoms with E-state index < -0.39 is 31.4 Å². The van der Waals surface area contributed by atoms with Crippen LogP contribution < -0.4 is 0 Å². The van der Waals surface area contributed by atoms with Crippen molar-refractivity contribution in [2.45, 2.75) is 30.4 Å². The zero-order valence-corrected chi connectivity index (χ0v) is 15.1. The summed E-state index contributed by atoms with van der Waals surface area (Å²) in [6.07, 6.45) is 0. The van der Waals surface area contributed by atoms with E-state index >= 15 is 0 Å². The fourth-order valence-corrected chi connectivity index (χ4v) is 4.95. The van der Waals surface area contributed by atoms with E-state index in [-0.39, 0.29) is 22.0 Å². The molecule has 0 radical (unpaired) electrons. The van der Waals surface area contributed by atoms with Crippen LogP contribution in [0.25, 0.3) is 0 Å². The molecule has 0 aliphatic heterocycles. The standard InChI is InChI=1S/C13H17BrO5S2/c1-13(2,3)21(18,19)7-6-20(17)11-8-9(14)4-5-10(11)12(15)16/h4-5,8H,6-7H2,1-3H3,(H,15,16). The van der Waals surface area contributed by atoms with Gasteiger partial charge in [0.1, 0.15) is 0 Å². The third kappa shape index (κ3) is 4.62. The summed E-state index contributed by atoms with van der Waals surface area (Å²) in [4.78, 5) is 11.3. The molecular weight excluding hydrogens is 380 g/mol. The number of carboxylic acid groups (broad SMARTS) is 1. The Morgan fingerprint density at radius 3 is 2.38 bits per heavy atom. The second kappa shape index (κ2) is 6.58. The van der Waals surface area contributed by atoms with E-state index in [1.165, 1.54) is 18.2 Å². The number of halogens is 1. The molecule has 0 aliphatic rings. The van der Waals surface area contributed by atoms with Gasteiger partial charge in [-0.2, -0.15) is 0 Å². The molecule has 0 fully saturated rings. The van der Waals surface area contributed by atoms with Gasteiger partial charge in [0.15, 0.2) is 9.84 Å². The summed E-state index contributed by atoms with van der Waals surface area (Å²) in [6.45, 7) is 4.73. The Balaban J connectivity index is 3.01. The first-order valence-corrected chi connectivity index (χ1v) is 9.85. The van der Waals surface area contributed by atoms with E-state index in [0.717, 1.165) is 0 Å². The van der Waals surface area contributed by atoms with E-state index in [4.69, 9.17) is 5.11 Å². The average Bonchev–Trinajstić information content (AvgIpc) is 2.34. The lowest BCUT2D eigenvalue weighted by molar-refractivity contribution is 0.0693. The number of hydrogen-bond donors (Lipinski definition) is 1. The van der Waals surface area contributed by atoms with E-state index in [1.807, 2.05) is 0 Å². The molecule has 0 amide bonds.